The molecule has 0 radical (unpaired) electrons. The van der Waals surface area contributed by atoms with Crippen molar-refractivity contribution in [2.45, 2.75) is 38.3 Å². The summed E-state index contributed by atoms with van der Waals surface area (Å²) < 4.78 is 38.8. The van der Waals surface area contributed by atoms with Crippen LogP contribution < -0.4 is 10.2 Å². The number of halogens is 3. The van der Waals surface area contributed by atoms with Crippen LogP contribution in [0.5, 0.6) is 0 Å². The zero-order chi connectivity index (χ0) is 15.5. The highest BCUT2D eigenvalue weighted by Crippen LogP contribution is 2.33. The van der Waals surface area contributed by atoms with Crippen molar-refractivity contribution < 1.29 is 13.2 Å². The van der Waals surface area contributed by atoms with Crippen LogP contribution in [0.1, 0.15) is 37.7 Å². The summed E-state index contributed by atoms with van der Waals surface area (Å²) >= 11 is 0. The van der Waals surface area contributed by atoms with Crippen LogP contribution in [0.4, 0.5) is 24.8 Å². The van der Waals surface area contributed by atoms with E-state index in [0.717, 1.165) is 31.5 Å². The van der Waals surface area contributed by atoms with Crippen molar-refractivity contribution in [1.29, 1.82) is 0 Å². The second-order valence-electron chi connectivity index (χ2n) is 5.73. The van der Waals surface area contributed by atoms with Crippen molar-refractivity contribution in [3.63, 3.8) is 0 Å². The maximum atomic E-state index is 12.9. The minimum absolute atomic E-state index is 0.246. The van der Waals surface area contributed by atoms with Crippen molar-refractivity contribution in [3.05, 3.63) is 17.7 Å². The van der Waals surface area contributed by atoms with E-state index in [2.05, 4.69) is 10.3 Å². The lowest BCUT2D eigenvalue weighted by Crippen LogP contribution is -2.28. The molecule has 1 fully saturated rings. The van der Waals surface area contributed by atoms with E-state index in [1.54, 1.807) is 7.05 Å². The predicted octanol–water partition coefficient (Wildman–Crippen LogP) is 4.16. The number of rotatable bonds is 4. The van der Waals surface area contributed by atoms with Gasteiger partial charge in [0.15, 0.2) is 0 Å². The van der Waals surface area contributed by atoms with E-state index in [1.165, 1.54) is 19.3 Å². The fourth-order valence-corrected chi connectivity index (χ4v) is 2.85. The smallest absolute Gasteiger partial charge is 0.373 e. The molecule has 0 bridgehead atoms. The van der Waals surface area contributed by atoms with E-state index in [9.17, 15) is 13.2 Å². The summed E-state index contributed by atoms with van der Waals surface area (Å²) in [5, 5.41) is 2.70. The number of hydrogen-bond acceptors (Lipinski definition) is 3. The highest BCUT2D eigenvalue weighted by atomic mass is 19.4. The van der Waals surface area contributed by atoms with Gasteiger partial charge in [0.2, 0.25) is 0 Å². The summed E-state index contributed by atoms with van der Waals surface area (Å²) in [4.78, 5) is 6.08. The number of anilines is 2. The summed E-state index contributed by atoms with van der Waals surface area (Å²) in [7, 11) is 3.39. The lowest BCUT2D eigenvalue weighted by atomic mass is 9.89. The van der Waals surface area contributed by atoms with Crippen molar-refractivity contribution in [3.8, 4) is 0 Å². The number of pyridine rings is 1. The van der Waals surface area contributed by atoms with Gasteiger partial charge in [0.1, 0.15) is 11.6 Å². The zero-order valence-corrected chi connectivity index (χ0v) is 12.5. The van der Waals surface area contributed by atoms with Crippen LogP contribution in [-0.2, 0) is 6.18 Å². The van der Waals surface area contributed by atoms with Crippen molar-refractivity contribution in [2.24, 2.45) is 5.92 Å². The quantitative estimate of drug-likeness (QED) is 0.905. The largest absolute Gasteiger partial charge is 0.416 e. The van der Waals surface area contributed by atoms with Gasteiger partial charge in [-0.05, 0) is 30.9 Å². The van der Waals surface area contributed by atoms with Crippen molar-refractivity contribution in [1.82, 2.24) is 4.98 Å². The second-order valence-corrected chi connectivity index (χ2v) is 5.73. The first kappa shape index (κ1) is 15.9. The van der Waals surface area contributed by atoms with Crippen LogP contribution in [0.3, 0.4) is 0 Å². The van der Waals surface area contributed by atoms with E-state index in [4.69, 9.17) is 0 Å². The van der Waals surface area contributed by atoms with Gasteiger partial charge in [-0.15, -0.1) is 0 Å². The lowest BCUT2D eigenvalue weighted by Gasteiger charge is -2.28. The van der Waals surface area contributed by atoms with E-state index < -0.39 is 11.7 Å². The average Bonchev–Trinajstić information content (AvgIpc) is 2.46. The summed E-state index contributed by atoms with van der Waals surface area (Å²) in [6.45, 7) is 0.761. The molecule has 0 unspecified atom stereocenters. The van der Waals surface area contributed by atoms with E-state index in [-0.39, 0.29) is 5.82 Å². The Balaban J connectivity index is 2.17. The van der Waals surface area contributed by atoms with Crippen LogP contribution in [-0.4, -0.2) is 25.6 Å². The number of alkyl halides is 3. The van der Waals surface area contributed by atoms with Gasteiger partial charge in [0.05, 0.1) is 5.56 Å². The molecule has 1 aliphatic rings. The van der Waals surface area contributed by atoms with Crippen LogP contribution >= 0.6 is 0 Å². The molecule has 1 N–H and O–H groups in total. The third-order valence-corrected chi connectivity index (χ3v) is 4.04. The van der Waals surface area contributed by atoms with Gasteiger partial charge in [-0.2, -0.15) is 13.2 Å². The maximum absolute atomic E-state index is 12.9. The molecule has 3 nitrogen and oxygen atoms in total. The molecular formula is C15H22F3N3. The van der Waals surface area contributed by atoms with Gasteiger partial charge in [-0.1, -0.05) is 19.3 Å². The molecule has 0 amide bonds. The molecule has 0 atom stereocenters. The topological polar surface area (TPSA) is 28.2 Å². The van der Waals surface area contributed by atoms with E-state index >= 15 is 0 Å². The number of nitrogens with zero attached hydrogens (tertiary/aromatic N) is 2. The summed E-state index contributed by atoms with van der Waals surface area (Å²) in [6.07, 6.45) is 1.66. The molecule has 1 aromatic rings. The molecule has 0 spiro atoms. The molecule has 1 heterocycles. The third kappa shape index (κ3) is 4.25. The Labute approximate surface area is 123 Å². The number of aromatic nitrogens is 1. The minimum Gasteiger partial charge on any atom is -0.373 e. The Kier molecular flexibility index (Phi) is 4.96. The Morgan fingerprint density at radius 3 is 2.48 bits per heavy atom. The maximum Gasteiger partial charge on any atom is 0.416 e. The van der Waals surface area contributed by atoms with Crippen LogP contribution in [0.2, 0.25) is 0 Å². The lowest BCUT2D eigenvalue weighted by molar-refractivity contribution is -0.137. The highest BCUT2D eigenvalue weighted by Gasteiger charge is 2.32. The molecule has 118 valence electrons. The number of nitrogens with one attached hydrogen (secondary N) is 1. The molecule has 0 aliphatic heterocycles. The van der Waals surface area contributed by atoms with Gasteiger partial charge in [0.25, 0.3) is 0 Å². The van der Waals surface area contributed by atoms with Crippen molar-refractivity contribution >= 4 is 11.6 Å². The van der Waals surface area contributed by atoms with E-state index in [1.807, 2.05) is 11.9 Å². The van der Waals surface area contributed by atoms with Gasteiger partial charge in [-0.25, -0.2) is 4.98 Å². The zero-order valence-electron chi connectivity index (χ0n) is 12.5. The summed E-state index contributed by atoms with van der Waals surface area (Å²) in [6, 6.07) is 2.17. The summed E-state index contributed by atoms with van der Waals surface area (Å²) in [5.74, 6) is 1.17. The van der Waals surface area contributed by atoms with Crippen molar-refractivity contribution in [2.75, 3.05) is 30.9 Å². The molecule has 6 heteroatoms. The third-order valence-electron chi connectivity index (χ3n) is 4.04. The molecule has 1 saturated carbocycles. The highest BCUT2D eigenvalue weighted by molar-refractivity contribution is 5.50. The first-order valence-electron chi connectivity index (χ1n) is 7.38. The average molecular weight is 301 g/mol. The first-order chi connectivity index (χ1) is 9.90. The molecule has 0 aromatic carbocycles. The Bertz CT molecular complexity index is 468. The SMILES string of the molecule is CNc1cc(C(F)(F)F)cc(N(C)CC2CCCCC2)n1. The molecule has 2 rings (SSSR count). The fourth-order valence-electron chi connectivity index (χ4n) is 2.85. The standard InChI is InChI=1S/C15H22F3N3/c1-19-13-8-12(15(16,17)18)9-14(20-13)21(2)10-11-6-4-3-5-7-11/h8-9,11H,3-7,10H2,1-2H3,(H,19,20). The Morgan fingerprint density at radius 1 is 1.24 bits per heavy atom. The fraction of sp³-hybridized carbons (Fsp3) is 0.667. The van der Waals surface area contributed by atoms with Crippen LogP contribution in [0.15, 0.2) is 12.1 Å². The van der Waals surface area contributed by atoms with Crippen LogP contribution in [0.25, 0.3) is 0 Å². The van der Waals surface area contributed by atoms with E-state index in [0.29, 0.717) is 11.7 Å². The second kappa shape index (κ2) is 6.54. The van der Waals surface area contributed by atoms with Crippen LogP contribution in [0, 0.1) is 5.92 Å². The minimum atomic E-state index is -4.35. The van der Waals surface area contributed by atoms with Gasteiger partial charge in [-0.3, -0.25) is 0 Å². The molecule has 1 aliphatic carbocycles. The summed E-state index contributed by atoms with van der Waals surface area (Å²) in [5.41, 5.74) is -0.660. The monoisotopic (exact) mass is 301 g/mol. The van der Waals surface area contributed by atoms with Gasteiger partial charge >= 0.3 is 6.18 Å². The Morgan fingerprint density at radius 2 is 1.90 bits per heavy atom. The molecule has 21 heavy (non-hydrogen) atoms. The Hall–Kier alpha value is -1.46. The normalized spacial score (nSPS) is 16.8. The van der Waals surface area contributed by atoms with Gasteiger partial charge in [0, 0.05) is 20.6 Å². The number of hydrogen-bond donors (Lipinski definition) is 1. The molecular weight excluding hydrogens is 279 g/mol. The molecule has 0 saturated heterocycles. The predicted molar refractivity (Wildman–Crippen MR) is 78.6 cm³/mol. The van der Waals surface area contributed by atoms with Gasteiger partial charge < -0.3 is 10.2 Å². The first-order valence-corrected chi connectivity index (χ1v) is 7.38. The molecule has 1 aromatic heterocycles.